The third kappa shape index (κ3) is 5.55. The van der Waals surface area contributed by atoms with Gasteiger partial charge in [0.15, 0.2) is 6.61 Å². The molecule has 2 atom stereocenters. The van der Waals surface area contributed by atoms with E-state index in [0.29, 0.717) is 15.8 Å². The maximum Gasteiger partial charge on any atom is 0.258 e. The first-order chi connectivity index (χ1) is 13.4. The van der Waals surface area contributed by atoms with E-state index in [-0.39, 0.29) is 18.6 Å². The Balaban J connectivity index is 1.52. The average molecular weight is 421 g/mol. The van der Waals surface area contributed by atoms with Crippen LogP contribution in [0.3, 0.4) is 0 Å². The van der Waals surface area contributed by atoms with Crippen LogP contribution in [0.2, 0.25) is 10.0 Å². The van der Waals surface area contributed by atoms with Gasteiger partial charge in [-0.25, -0.2) is 0 Å². The zero-order valence-electron chi connectivity index (χ0n) is 16.3. The molecule has 1 aliphatic heterocycles. The molecule has 0 unspecified atom stereocenters. The van der Waals surface area contributed by atoms with Crippen LogP contribution >= 0.6 is 23.2 Å². The molecule has 150 valence electrons. The van der Waals surface area contributed by atoms with Gasteiger partial charge in [0.1, 0.15) is 5.75 Å². The molecular formula is C22H26Cl2N2O2. The van der Waals surface area contributed by atoms with Gasteiger partial charge in [0.25, 0.3) is 5.91 Å². The number of ether oxygens (including phenoxy) is 1. The summed E-state index contributed by atoms with van der Waals surface area (Å²) in [6, 6.07) is 13.2. The molecule has 6 heteroatoms. The molecule has 2 aromatic carbocycles. The topological polar surface area (TPSA) is 41.6 Å². The minimum Gasteiger partial charge on any atom is -0.482 e. The second kappa shape index (κ2) is 9.53. The van der Waals surface area contributed by atoms with Crippen molar-refractivity contribution in [1.82, 2.24) is 5.32 Å². The Morgan fingerprint density at radius 2 is 2.00 bits per heavy atom. The van der Waals surface area contributed by atoms with Gasteiger partial charge in [-0.1, -0.05) is 42.3 Å². The Bertz CT molecular complexity index is 811. The fourth-order valence-electron chi connectivity index (χ4n) is 3.50. The van der Waals surface area contributed by atoms with Crippen molar-refractivity contribution < 1.29 is 9.53 Å². The maximum absolute atomic E-state index is 12.2. The van der Waals surface area contributed by atoms with Crippen molar-refractivity contribution in [1.29, 1.82) is 0 Å². The molecule has 0 spiro atoms. The molecule has 2 aromatic rings. The van der Waals surface area contributed by atoms with Gasteiger partial charge in [-0.2, -0.15) is 0 Å². The highest BCUT2D eigenvalue weighted by molar-refractivity contribution is 6.35. The van der Waals surface area contributed by atoms with Crippen molar-refractivity contribution in [2.45, 2.75) is 32.7 Å². The highest BCUT2D eigenvalue weighted by Gasteiger charge is 2.17. The van der Waals surface area contributed by atoms with Crippen LogP contribution in [0.15, 0.2) is 42.5 Å². The second-order valence-corrected chi connectivity index (χ2v) is 8.28. The normalized spacial score (nSPS) is 17.9. The van der Waals surface area contributed by atoms with E-state index in [9.17, 15) is 4.79 Å². The lowest BCUT2D eigenvalue weighted by atomic mass is 9.99. The number of piperidine rings is 1. The molecule has 1 amide bonds. The van der Waals surface area contributed by atoms with Gasteiger partial charge in [0.2, 0.25) is 0 Å². The Labute approximate surface area is 176 Å². The molecule has 3 rings (SSSR count). The molecule has 0 aromatic heterocycles. The summed E-state index contributed by atoms with van der Waals surface area (Å²) >= 11 is 11.9. The smallest absolute Gasteiger partial charge is 0.258 e. The van der Waals surface area contributed by atoms with Gasteiger partial charge >= 0.3 is 0 Å². The zero-order chi connectivity index (χ0) is 20.1. The predicted octanol–water partition coefficient (Wildman–Crippen LogP) is 5.49. The van der Waals surface area contributed by atoms with E-state index in [1.54, 1.807) is 18.2 Å². The molecule has 0 saturated carbocycles. The van der Waals surface area contributed by atoms with Crippen LogP contribution in [0, 0.1) is 5.92 Å². The summed E-state index contributed by atoms with van der Waals surface area (Å²) in [6.07, 6.45) is 2.55. The van der Waals surface area contributed by atoms with E-state index in [0.717, 1.165) is 24.6 Å². The van der Waals surface area contributed by atoms with Crippen molar-refractivity contribution in [3.05, 3.63) is 58.1 Å². The highest BCUT2D eigenvalue weighted by atomic mass is 35.5. The number of amides is 1. The van der Waals surface area contributed by atoms with E-state index < -0.39 is 0 Å². The summed E-state index contributed by atoms with van der Waals surface area (Å²) in [5.74, 6) is 0.974. The lowest BCUT2D eigenvalue weighted by Gasteiger charge is -2.33. The molecule has 4 nitrogen and oxygen atoms in total. The van der Waals surface area contributed by atoms with Crippen LogP contribution < -0.4 is 15.0 Å². The number of anilines is 1. The summed E-state index contributed by atoms with van der Waals surface area (Å²) < 4.78 is 5.49. The van der Waals surface area contributed by atoms with Gasteiger partial charge in [-0.3, -0.25) is 4.79 Å². The number of carbonyl (C=O) groups excluding carboxylic acids is 1. The third-order valence-electron chi connectivity index (χ3n) is 5.05. The number of rotatable bonds is 6. The number of halogens is 2. The first kappa shape index (κ1) is 20.8. The average Bonchev–Trinajstić information content (AvgIpc) is 2.67. The van der Waals surface area contributed by atoms with Crippen LogP contribution in [0.25, 0.3) is 0 Å². The molecule has 1 N–H and O–H groups in total. The molecule has 0 radical (unpaired) electrons. The minimum absolute atomic E-state index is 0.102. The number of hydrogen-bond acceptors (Lipinski definition) is 3. The largest absolute Gasteiger partial charge is 0.482 e. The van der Waals surface area contributed by atoms with E-state index in [4.69, 9.17) is 27.9 Å². The molecule has 28 heavy (non-hydrogen) atoms. The maximum atomic E-state index is 12.2. The van der Waals surface area contributed by atoms with Crippen LogP contribution in [0.1, 0.15) is 38.3 Å². The van der Waals surface area contributed by atoms with Crippen molar-refractivity contribution in [2.24, 2.45) is 5.92 Å². The Hall–Kier alpha value is -1.91. The number of nitrogens with zero attached hydrogens (tertiary/aromatic N) is 1. The molecule has 1 heterocycles. The van der Waals surface area contributed by atoms with E-state index in [1.807, 2.05) is 6.92 Å². The predicted molar refractivity (Wildman–Crippen MR) is 116 cm³/mol. The summed E-state index contributed by atoms with van der Waals surface area (Å²) in [5, 5.41) is 3.87. The highest BCUT2D eigenvalue weighted by Crippen LogP contribution is 2.27. The quantitative estimate of drug-likeness (QED) is 0.671. The third-order valence-corrected chi connectivity index (χ3v) is 5.58. The SMILES string of the molecule is C[C@@H]1CCCN(c2ccc([C@H](C)NC(=O)COc3ccc(Cl)cc3Cl)cc2)C1. The summed E-state index contributed by atoms with van der Waals surface area (Å²) in [4.78, 5) is 14.7. The Morgan fingerprint density at radius 1 is 1.25 bits per heavy atom. The van der Waals surface area contributed by atoms with Crippen molar-refractivity contribution in [2.75, 3.05) is 24.6 Å². The van der Waals surface area contributed by atoms with Gasteiger partial charge in [0.05, 0.1) is 11.1 Å². The second-order valence-electron chi connectivity index (χ2n) is 7.44. The summed E-state index contributed by atoms with van der Waals surface area (Å²) in [7, 11) is 0. The van der Waals surface area contributed by atoms with E-state index >= 15 is 0 Å². The molecule has 1 saturated heterocycles. The number of benzene rings is 2. The minimum atomic E-state index is -0.201. The van der Waals surface area contributed by atoms with E-state index in [2.05, 4.69) is 41.4 Å². The lowest BCUT2D eigenvalue weighted by molar-refractivity contribution is -0.123. The molecular weight excluding hydrogens is 395 g/mol. The lowest BCUT2D eigenvalue weighted by Crippen LogP contribution is -2.34. The van der Waals surface area contributed by atoms with Gasteiger partial charge in [0, 0.05) is 23.8 Å². The van der Waals surface area contributed by atoms with Gasteiger partial charge in [-0.15, -0.1) is 0 Å². The first-order valence-corrected chi connectivity index (χ1v) is 10.4. The van der Waals surface area contributed by atoms with Crippen LogP contribution in [0.4, 0.5) is 5.69 Å². The van der Waals surface area contributed by atoms with Crippen LogP contribution in [-0.2, 0) is 4.79 Å². The number of hydrogen-bond donors (Lipinski definition) is 1. The first-order valence-electron chi connectivity index (χ1n) is 9.64. The van der Waals surface area contributed by atoms with Crippen LogP contribution in [-0.4, -0.2) is 25.6 Å². The number of nitrogens with one attached hydrogen (secondary N) is 1. The standard InChI is InChI=1S/C22H26Cl2N2O2/c1-15-4-3-11-26(13-15)19-8-5-17(6-9-19)16(2)25-22(27)14-28-21-10-7-18(23)12-20(21)24/h5-10,12,15-16H,3-4,11,13-14H2,1-2H3,(H,25,27)/t15-,16+/m1/s1. The van der Waals surface area contributed by atoms with Gasteiger partial charge < -0.3 is 15.0 Å². The van der Waals surface area contributed by atoms with Crippen LogP contribution in [0.5, 0.6) is 5.75 Å². The zero-order valence-corrected chi connectivity index (χ0v) is 17.8. The Kier molecular flexibility index (Phi) is 7.08. The molecule has 1 aliphatic rings. The van der Waals surface area contributed by atoms with Crippen molar-refractivity contribution >= 4 is 34.8 Å². The monoisotopic (exact) mass is 420 g/mol. The Morgan fingerprint density at radius 3 is 2.68 bits per heavy atom. The van der Waals surface area contributed by atoms with Crippen molar-refractivity contribution in [3.8, 4) is 5.75 Å². The van der Waals surface area contributed by atoms with Gasteiger partial charge in [-0.05, 0) is 61.6 Å². The molecule has 0 bridgehead atoms. The fraction of sp³-hybridized carbons (Fsp3) is 0.409. The van der Waals surface area contributed by atoms with E-state index in [1.165, 1.54) is 18.5 Å². The van der Waals surface area contributed by atoms with Crippen molar-refractivity contribution in [3.63, 3.8) is 0 Å². The molecule has 0 aliphatic carbocycles. The fourth-order valence-corrected chi connectivity index (χ4v) is 3.96. The summed E-state index contributed by atoms with van der Waals surface area (Å²) in [6.45, 7) is 6.38. The summed E-state index contributed by atoms with van der Waals surface area (Å²) in [5.41, 5.74) is 2.31. The number of carbonyl (C=O) groups is 1. The molecule has 1 fully saturated rings.